The highest BCUT2D eigenvalue weighted by molar-refractivity contribution is 7.09. The maximum atomic E-state index is 5.92. The number of benzene rings is 1. The van der Waals surface area contributed by atoms with Crippen LogP contribution in [0.4, 0.5) is 0 Å². The molecule has 3 aromatic rings. The Balaban J connectivity index is 1.97. The molecule has 0 spiro atoms. The number of aryl methyl sites for hydroxylation is 1. The normalized spacial score (nSPS) is 12.9. The van der Waals surface area contributed by atoms with Crippen LogP contribution in [0.15, 0.2) is 42.0 Å². The Hall–Kier alpha value is -1.65. The number of hydrogen-bond acceptors (Lipinski definition) is 3. The van der Waals surface area contributed by atoms with Gasteiger partial charge in [-0.2, -0.15) is 0 Å². The van der Waals surface area contributed by atoms with Gasteiger partial charge in [-0.3, -0.25) is 0 Å². The van der Waals surface area contributed by atoms with Crippen LogP contribution in [-0.4, -0.2) is 16.1 Å². The lowest BCUT2D eigenvalue weighted by Crippen LogP contribution is -2.14. The van der Waals surface area contributed by atoms with Crippen LogP contribution in [0.2, 0.25) is 0 Å². The van der Waals surface area contributed by atoms with Gasteiger partial charge >= 0.3 is 0 Å². The van der Waals surface area contributed by atoms with Gasteiger partial charge in [-0.05, 0) is 18.1 Å². The van der Waals surface area contributed by atoms with E-state index in [0.29, 0.717) is 12.5 Å². The molecule has 3 rings (SSSR count). The number of rotatable bonds is 4. The Morgan fingerprint density at radius 3 is 2.95 bits per heavy atom. The van der Waals surface area contributed by atoms with Crippen molar-refractivity contribution in [1.29, 1.82) is 0 Å². The molecule has 2 heterocycles. The van der Waals surface area contributed by atoms with E-state index in [4.69, 9.17) is 5.73 Å². The number of nitrogens with zero attached hydrogens (tertiary/aromatic N) is 2. The summed E-state index contributed by atoms with van der Waals surface area (Å²) in [7, 11) is 2.09. The van der Waals surface area contributed by atoms with Crippen molar-refractivity contribution in [3.05, 3.63) is 52.6 Å². The van der Waals surface area contributed by atoms with Crippen LogP contribution in [0, 0.1) is 0 Å². The third-order valence-electron chi connectivity index (χ3n) is 3.53. The average Bonchev–Trinajstić information content (AvgIpc) is 3.06. The van der Waals surface area contributed by atoms with Gasteiger partial charge in [0, 0.05) is 48.2 Å². The lowest BCUT2D eigenvalue weighted by Gasteiger charge is -2.10. The maximum Gasteiger partial charge on any atom is 0.0971 e. The van der Waals surface area contributed by atoms with Crippen molar-refractivity contribution in [2.45, 2.75) is 12.3 Å². The lowest BCUT2D eigenvalue weighted by atomic mass is 9.99. The molecule has 0 saturated carbocycles. The molecule has 3 nitrogen and oxygen atoms in total. The molecule has 0 amide bonds. The molecule has 0 fully saturated rings. The van der Waals surface area contributed by atoms with Crippen LogP contribution >= 0.6 is 11.3 Å². The first-order chi connectivity index (χ1) is 9.29. The minimum Gasteiger partial charge on any atom is -0.350 e. The Morgan fingerprint density at radius 2 is 2.21 bits per heavy atom. The second kappa shape index (κ2) is 5.15. The minimum atomic E-state index is 0.311. The molecule has 1 aromatic carbocycles. The van der Waals surface area contributed by atoms with E-state index < -0.39 is 0 Å². The fraction of sp³-hybridized carbons (Fsp3) is 0.267. The maximum absolute atomic E-state index is 5.92. The van der Waals surface area contributed by atoms with Crippen molar-refractivity contribution < 1.29 is 0 Å². The summed E-state index contributed by atoms with van der Waals surface area (Å²) < 4.78 is 2.18. The van der Waals surface area contributed by atoms with E-state index in [2.05, 4.69) is 47.1 Å². The first kappa shape index (κ1) is 12.4. The molecule has 0 saturated heterocycles. The van der Waals surface area contributed by atoms with Crippen LogP contribution in [0.25, 0.3) is 10.9 Å². The molecule has 19 heavy (non-hydrogen) atoms. The molecule has 0 aliphatic heterocycles. The van der Waals surface area contributed by atoms with E-state index in [1.807, 2.05) is 11.6 Å². The zero-order valence-corrected chi connectivity index (χ0v) is 11.7. The highest BCUT2D eigenvalue weighted by Gasteiger charge is 2.16. The van der Waals surface area contributed by atoms with E-state index >= 15 is 0 Å². The molecule has 2 aromatic heterocycles. The fourth-order valence-electron chi connectivity index (χ4n) is 2.56. The molecule has 0 radical (unpaired) electrons. The highest BCUT2D eigenvalue weighted by Crippen LogP contribution is 2.27. The molecule has 98 valence electrons. The molecule has 0 bridgehead atoms. The van der Waals surface area contributed by atoms with E-state index in [9.17, 15) is 0 Å². The molecule has 0 aliphatic carbocycles. The van der Waals surface area contributed by atoms with E-state index in [1.54, 1.807) is 11.3 Å². The number of fused-ring (bicyclic) bond motifs is 1. The SMILES string of the molecule is Cn1cc(CC(CN)c2nccs2)c2ccccc21. The van der Waals surface area contributed by atoms with Gasteiger partial charge in [0.25, 0.3) is 0 Å². The van der Waals surface area contributed by atoms with Gasteiger partial charge in [-0.15, -0.1) is 11.3 Å². The summed E-state index contributed by atoms with van der Waals surface area (Å²) in [5.41, 5.74) is 8.54. The predicted molar refractivity (Wildman–Crippen MR) is 80.5 cm³/mol. The molecule has 0 aliphatic rings. The van der Waals surface area contributed by atoms with E-state index in [-0.39, 0.29) is 0 Å². The molecule has 1 atom stereocenters. The van der Waals surface area contributed by atoms with Crippen LogP contribution < -0.4 is 5.73 Å². The molecule has 2 N–H and O–H groups in total. The third-order valence-corrected chi connectivity index (χ3v) is 4.47. The van der Waals surface area contributed by atoms with Gasteiger partial charge in [-0.1, -0.05) is 18.2 Å². The summed E-state index contributed by atoms with van der Waals surface area (Å²) in [4.78, 5) is 4.40. The van der Waals surface area contributed by atoms with Crippen molar-refractivity contribution in [1.82, 2.24) is 9.55 Å². The molecular weight excluding hydrogens is 254 g/mol. The van der Waals surface area contributed by atoms with Gasteiger partial charge in [0.2, 0.25) is 0 Å². The Morgan fingerprint density at radius 1 is 1.37 bits per heavy atom. The first-order valence-electron chi connectivity index (χ1n) is 6.42. The molecule has 1 unspecified atom stereocenters. The largest absolute Gasteiger partial charge is 0.350 e. The Kier molecular flexibility index (Phi) is 3.36. The van der Waals surface area contributed by atoms with Crippen molar-refractivity contribution >= 4 is 22.2 Å². The van der Waals surface area contributed by atoms with Gasteiger partial charge in [0.05, 0.1) is 5.01 Å². The van der Waals surface area contributed by atoms with Crippen molar-refractivity contribution in [3.63, 3.8) is 0 Å². The van der Waals surface area contributed by atoms with E-state index in [0.717, 1.165) is 11.4 Å². The summed E-state index contributed by atoms with van der Waals surface area (Å²) in [6.07, 6.45) is 5.01. The van der Waals surface area contributed by atoms with Crippen LogP contribution in [0.5, 0.6) is 0 Å². The summed E-state index contributed by atoms with van der Waals surface area (Å²) in [5.74, 6) is 0.311. The Labute approximate surface area is 116 Å². The third kappa shape index (κ3) is 2.29. The lowest BCUT2D eigenvalue weighted by molar-refractivity contribution is 0.689. The van der Waals surface area contributed by atoms with Crippen molar-refractivity contribution in [2.75, 3.05) is 6.54 Å². The predicted octanol–water partition coefficient (Wildman–Crippen LogP) is 2.92. The topological polar surface area (TPSA) is 43.8 Å². The van der Waals surface area contributed by atoms with Crippen molar-refractivity contribution in [2.24, 2.45) is 12.8 Å². The fourth-order valence-corrected chi connectivity index (χ4v) is 3.32. The van der Waals surface area contributed by atoms with Gasteiger partial charge in [-0.25, -0.2) is 4.98 Å². The summed E-state index contributed by atoms with van der Waals surface area (Å²) in [5, 5.41) is 4.47. The van der Waals surface area contributed by atoms with E-state index in [1.165, 1.54) is 16.5 Å². The smallest absolute Gasteiger partial charge is 0.0971 e. The number of thiazole rings is 1. The summed E-state index contributed by atoms with van der Waals surface area (Å²) >= 11 is 1.69. The zero-order valence-electron chi connectivity index (χ0n) is 10.9. The minimum absolute atomic E-state index is 0.311. The Bertz CT molecular complexity index is 670. The second-order valence-electron chi connectivity index (χ2n) is 4.79. The van der Waals surface area contributed by atoms with Crippen molar-refractivity contribution in [3.8, 4) is 0 Å². The van der Waals surface area contributed by atoms with Gasteiger partial charge in [0.1, 0.15) is 0 Å². The quantitative estimate of drug-likeness (QED) is 0.793. The monoisotopic (exact) mass is 271 g/mol. The van der Waals surface area contributed by atoms with Crippen LogP contribution in [0.1, 0.15) is 16.5 Å². The molecular formula is C15H17N3S. The number of hydrogen-bond donors (Lipinski definition) is 1. The number of para-hydroxylation sites is 1. The molecule has 4 heteroatoms. The average molecular weight is 271 g/mol. The first-order valence-corrected chi connectivity index (χ1v) is 7.30. The van der Waals surface area contributed by atoms with Crippen LogP contribution in [-0.2, 0) is 13.5 Å². The van der Waals surface area contributed by atoms with Gasteiger partial charge < -0.3 is 10.3 Å². The van der Waals surface area contributed by atoms with Crippen LogP contribution in [0.3, 0.4) is 0 Å². The summed E-state index contributed by atoms with van der Waals surface area (Å²) in [6.45, 7) is 0.636. The second-order valence-corrected chi connectivity index (χ2v) is 5.72. The van der Waals surface area contributed by atoms with Gasteiger partial charge in [0.15, 0.2) is 0 Å². The zero-order chi connectivity index (χ0) is 13.2. The summed E-state index contributed by atoms with van der Waals surface area (Å²) in [6, 6.07) is 8.50. The number of nitrogens with two attached hydrogens (primary N) is 1. The highest BCUT2D eigenvalue weighted by atomic mass is 32.1. The number of aromatic nitrogens is 2. The standard InChI is InChI=1S/C15H17N3S/c1-18-10-12(13-4-2-3-5-14(13)18)8-11(9-16)15-17-6-7-19-15/h2-7,10-11H,8-9,16H2,1H3.